The summed E-state index contributed by atoms with van der Waals surface area (Å²) in [4.78, 5) is 24.6. The van der Waals surface area contributed by atoms with Gasteiger partial charge in [-0.1, -0.05) is 38.1 Å². The molecule has 2 aromatic carbocycles. The van der Waals surface area contributed by atoms with Crippen LogP contribution in [0.1, 0.15) is 61.6 Å². The van der Waals surface area contributed by atoms with E-state index in [2.05, 4.69) is 36.3 Å². The van der Waals surface area contributed by atoms with E-state index in [-0.39, 0.29) is 6.61 Å². The Balaban J connectivity index is 1.58. The average molecular weight is 454 g/mol. The van der Waals surface area contributed by atoms with Crippen LogP contribution in [0.25, 0.3) is 5.69 Å². The van der Waals surface area contributed by atoms with Crippen molar-refractivity contribution in [2.45, 2.75) is 56.3 Å². The molecule has 1 aromatic heterocycles. The molecule has 1 unspecified atom stereocenters. The van der Waals surface area contributed by atoms with E-state index in [0.29, 0.717) is 23.6 Å². The molecule has 0 aliphatic heterocycles. The number of ether oxygens (including phenoxy) is 1. The Hall–Kier alpha value is -3.13. The number of thioether (sulfide) groups is 1. The number of carboxylic acid groups (broad SMARTS) is 1. The van der Waals surface area contributed by atoms with Crippen molar-refractivity contribution >= 4 is 23.7 Å². The van der Waals surface area contributed by atoms with Gasteiger partial charge in [0.15, 0.2) is 0 Å². The number of nitrogens with zero attached hydrogens (tertiary/aromatic N) is 3. The van der Waals surface area contributed by atoms with Gasteiger partial charge in [0.25, 0.3) is 0 Å². The van der Waals surface area contributed by atoms with Crippen LogP contribution in [-0.4, -0.2) is 36.8 Å². The number of benzene rings is 2. The number of esters is 1. The zero-order chi connectivity index (χ0) is 23.3. The molecule has 168 valence electrons. The third-order valence-corrected chi connectivity index (χ3v) is 6.70. The highest BCUT2D eigenvalue weighted by Gasteiger charge is 2.32. The Morgan fingerprint density at radius 3 is 2.34 bits per heavy atom. The van der Waals surface area contributed by atoms with Gasteiger partial charge in [0.2, 0.25) is 0 Å². The van der Waals surface area contributed by atoms with Crippen LogP contribution in [0.15, 0.2) is 59.6 Å². The van der Waals surface area contributed by atoms with Crippen LogP contribution in [-0.2, 0) is 16.1 Å². The molecule has 0 saturated carbocycles. The molecule has 0 aliphatic carbocycles. The minimum absolute atomic E-state index is 0.00628. The second-order valence-electron chi connectivity index (χ2n) is 7.99. The normalized spacial score (nSPS) is 13.0. The van der Waals surface area contributed by atoms with Crippen LogP contribution in [0.3, 0.4) is 0 Å². The summed E-state index contributed by atoms with van der Waals surface area (Å²) >= 11 is 1.26. The van der Waals surface area contributed by atoms with Crippen molar-refractivity contribution in [3.8, 4) is 5.69 Å². The summed E-state index contributed by atoms with van der Waals surface area (Å²) in [5.74, 6) is -0.887. The molecular weight excluding hydrogens is 426 g/mol. The second-order valence-corrected chi connectivity index (χ2v) is 9.57. The molecular formula is C24H27N3O4S. The number of aliphatic carboxylic acids is 1. The molecule has 0 spiro atoms. The third kappa shape index (κ3) is 5.56. The summed E-state index contributed by atoms with van der Waals surface area (Å²) in [6.45, 7) is 7.81. The highest BCUT2D eigenvalue weighted by Crippen LogP contribution is 2.35. The third-order valence-electron chi connectivity index (χ3n) is 5.28. The SMILES string of the molecule is CCC(C)(Sc1ccc(C(=O)OCc2cn(-c3ccc(C(C)C)cc3)nn2)cc1)C(=O)O. The minimum atomic E-state index is -0.914. The van der Waals surface area contributed by atoms with Crippen molar-refractivity contribution < 1.29 is 19.4 Å². The van der Waals surface area contributed by atoms with E-state index in [1.54, 1.807) is 42.1 Å². The molecule has 32 heavy (non-hydrogen) atoms. The number of carbonyl (C=O) groups is 2. The predicted octanol–water partition coefficient (Wildman–Crippen LogP) is 5.09. The molecule has 7 nitrogen and oxygen atoms in total. The highest BCUT2D eigenvalue weighted by atomic mass is 32.2. The molecule has 0 radical (unpaired) electrons. The molecule has 0 saturated heterocycles. The van der Waals surface area contributed by atoms with E-state index >= 15 is 0 Å². The Labute approximate surface area is 191 Å². The first-order valence-corrected chi connectivity index (χ1v) is 11.2. The van der Waals surface area contributed by atoms with Crippen molar-refractivity contribution in [3.05, 3.63) is 71.5 Å². The van der Waals surface area contributed by atoms with E-state index in [1.165, 1.54) is 17.3 Å². The maximum atomic E-state index is 12.4. The smallest absolute Gasteiger partial charge is 0.338 e. The molecule has 1 atom stereocenters. The minimum Gasteiger partial charge on any atom is -0.480 e. The van der Waals surface area contributed by atoms with Gasteiger partial charge in [0.1, 0.15) is 17.0 Å². The predicted molar refractivity (Wildman–Crippen MR) is 123 cm³/mol. The van der Waals surface area contributed by atoms with Gasteiger partial charge in [-0.25, -0.2) is 9.48 Å². The van der Waals surface area contributed by atoms with E-state index in [1.807, 2.05) is 19.1 Å². The van der Waals surface area contributed by atoms with Gasteiger partial charge in [-0.2, -0.15) is 0 Å². The Kier molecular flexibility index (Phi) is 7.35. The molecule has 0 bridgehead atoms. The van der Waals surface area contributed by atoms with Gasteiger partial charge in [-0.05, 0) is 61.2 Å². The number of aromatic nitrogens is 3. The second kappa shape index (κ2) is 9.99. The molecule has 0 fully saturated rings. The number of carboxylic acids is 1. The Morgan fingerprint density at radius 1 is 1.12 bits per heavy atom. The summed E-state index contributed by atoms with van der Waals surface area (Å²) in [5.41, 5.74) is 3.06. The zero-order valence-corrected chi connectivity index (χ0v) is 19.4. The van der Waals surface area contributed by atoms with Crippen molar-refractivity contribution in [1.29, 1.82) is 0 Å². The van der Waals surface area contributed by atoms with Crippen LogP contribution in [0.2, 0.25) is 0 Å². The average Bonchev–Trinajstić information content (AvgIpc) is 3.27. The van der Waals surface area contributed by atoms with Gasteiger partial charge in [-0.3, -0.25) is 4.79 Å². The molecule has 3 rings (SSSR count). The van der Waals surface area contributed by atoms with E-state index in [0.717, 1.165) is 10.6 Å². The molecule has 3 aromatic rings. The number of carbonyl (C=O) groups excluding carboxylic acids is 1. The number of hydrogen-bond donors (Lipinski definition) is 1. The van der Waals surface area contributed by atoms with Crippen LogP contribution >= 0.6 is 11.8 Å². The van der Waals surface area contributed by atoms with Crippen LogP contribution < -0.4 is 0 Å². The number of rotatable bonds is 9. The van der Waals surface area contributed by atoms with Crippen molar-refractivity contribution in [2.24, 2.45) is 0 Å². The highest BCUT2D eigenvalue weighted by molar-refractivity contribution is 8.01. The fourth-order valence-electron chi connectivity index (χ4n) is 2.91. The van der Waals surface area contributed by atoms with E-state index < -0.39 is 16.7 Å². The first kappa shape index (κ1) is 23.5. The lowest BCUT2D eigenvalue weighted by atomic mass is 10.0. The molecule has 0 amide bonds. The first-order chi connectivity index (χ1) is 15.2. The Morgan fingerprint density at radius 2 is 1.78 bits per heavy atom. The largest absolute Gasteiger partial charge is 0.480 e. The van der Waals surface area contributed by atoms with Gasteiger partial charge in [0, 0.05) is 4.90 Å². The standard InChI is InChI=1S/C24H27N3O4S/c1-5-24(4,23(29)30)32-21-12-8-18(9-13-21)22(28)31-15-19-14-27(26-25-19)20-10-6-17(7-11-20)16(2)3/h6-14,16H,5,15H2,1-4H3,(H,29,30). The fraction of sp³-hybridized carbons (Fsp3) is 0.333. The lowest BCUT2D eigenvalue weighted by Crippen LogP contribution is -2.30. The van der Waals surface area contributed by atoms with Crippen molar-refractivity contribution in [2.75, 3.05) is 0 Å². The summed E-state index contributed by atoms with van der Waals surface area (Å²) in [5, 5.41) is 17.6. The quantitative estimate of drug-likeness (QED) is 0.356. The van der Waals surface area contributed by atoms with Crippen LogP contribution in [0, 0.1) is 0 Å². The van der Waals surface area contributed by atoms with Gasteiger partial charge in [0.05, 0.1) is 17.4 Å². The van der Waals surface area contributed by atoms with Gasteiger partial charge >= 0.3 is 11.9 Å². The summed E-state index contributed by atoms with van der Waals surface area (Å²) in [7, 11) is 0. The topological polar surface area (TPSA) is 94.3 Å². The van der Waals surface area contributed by atoms with Gasteiger partial charge in [-0.15, -0.1) is 16.9 Å². The van der Waals surface area contributed by atoms with Crippen LogP contribution in [0.5, 0.6) is 0 Å². The summed E-state index contributed by atoms with van der Waals surface area (Å²) in [6, 6.07) is 14.8. The van der Waals surface area contributed by atoms with Crippen molar-refractivity contribution in [3.63, 3.8) is 0 Å². The fourth-order valence-corrected chi connectivity index (χ4v) is 3.94. The monoisotopic (exact) mass is 453 g/mol. The zero-order valence-electron chi connectivity index (χ0n) is 18.6. The molecule has 0 aliphatic rings. The first-order valence-electron chi connectivity index (χ1n) is 10.4. The van der Waals surface area contributed by atoms with E-state index in [9.17, 15) is 14.7 Å². The van der Waals surface area contributed by atoms with Gasteiger partial charge < -0.3 is 9.84 Å². The van der Waals surface area contributed by atoms with E-state index in [4.69, 9.17) is 4.74 Å². The van der Waals surface area contributed by atoms with Crippen LogP contribution in [0.4, 0.5) is 0 Å². The van der Waals surface area contributed by atoms with Crippen molar-refractivity contribution in [1.82, 2.24) is 15.0 Å². The Bertz CT molecular complexity index is 1080. The number of hydrogen-bond acceptors (Lipinski definition) is 6. The lowest BCUT2D eigenvalue weighted by molar-refractivity contribution is -0.139. The summed E-state index contributed by atoms with van der Waals surface area (Å²) < 4.78 is 6.09. The molecule has 1 N–H and O–H groups in total. The maximum absolute atomic E-state index is 12.4. The molecule has 8 heteroatoms. The molecule has 1 heterocycles. The maximum Gasteiger partial charge on any atom is 0.338 e. The lowest BCUT2D eigenvalue weighted by Gasteiger charge is -2.22. The summed E-state index contributed by atoms with van der Waals surface area (Å²) in [6.07, 6.45) is 2.22.